The van der Waals surface area contributed by atoms with E-state index in [4.69, 9.17) is 9.97 Å². The minimum absolute atomic E-state index is 0.130. The van der Waals surface area contributed by atoms with Gasteiger partial charge in [-0.05, 0) is 44.9 Å². The molecular weight excluding hydrogens is 340 g/mol. The molecule has 2 aromatic heterocycles. The SMILES string of the molecule is Cc1nc(N2CCC(C)CC2)ncc1-c1cc(=O)[nH]c(N2CCCCC2)n1. The summed E-state index contributed by atoms with van der Waals surface area (Å²) in [6.45, 7) is 8.15. The highest BCUT2D eigenvalue weighted by Gasteiger charge is 2.20. The highest BCUT2D eigenvalue weighted by Crippen LogP contribution is 2.25. The average molecular weight is 368 g/mol. The van der Waals surface area contributed by atoms with Crippen LogP contribution in [0.25, 0.3) is 11.3 Å². The number of piperidine rings is 2. The Morgan fingerprint density at radius 3 is 2.48 bits per heavy atom. The first kappa shape index (κ1) is 17.9. The summed E-state index contributed by atoms with van der Waals surface area (Å²) in [5.74, 6) is 2.21. The second-order valence-electron chi connectivity index (χ2n) is 7.84. The first-order valence-electron chi connectivity index (χ1n) is 10.1. The van der Waals surface area contributed by atoms with Crippen LogP contribution in [0.1, 0.15) is 44.7 Å². The molecule has 2 fully saturated rings. The Hall–Kier alpha value is -2.44. The first-order valence-corrected chi connectivity index (χ1v) is 10.1. The molecule has 7 heteroatoms. The second-order valence-corrected chi connectivity index (χ2v) is 7.84. The molecule has 4 heterocycles. The highest BCUT2D eigenvalue weighted by atomic mass is 16.1. The third-order valence-corrected chi connectivity index (χ3v) is 5.69. The van der Waals surface area contributed by atoms with Crippen molar-refractivity contribution in [3.63, 3.8) is 0 Å². The van der Waals surface area contributed by atoms with Crippen molar-refractivity contribution < 1.29 is 0 Å². The van der Waals surface area contributed by atoms with Crippen molar-refractivity contribution >= 4 is 11.9 Å². The maximum Gasteiger partial charge on any atom is 0.252 e. The molecule has 2 aromatic rings. The lowest BCUT2D eigenvalue weighted by molar-refractivity contribution is 0.434. The number of H-pyrrole nitrogens is 1. The van der Waals surface area contributed by atoms with Gasteiger partial charge in [-0.1, -0.05) is 6.92 Å². The van der Waals surface area contributed by atoms with Crippen LogP contribution in [0.15, 0.2) is 17.1 Å². The van der Waals surface area contributed by atoms with E-state index in [0.29, 0.717) is 11.6 Å². The number of aromatic nitrogens is 4. The Kier molecular flexibility index (Phi) is 5.09. The van der Waals surface area contributed by atoms with Crippen molar-refractivity contribution in [3.05, 3.63) is 28.3 Å². The Morgan fingerprint density at radius 1 is 1.04 bits per heavy atom. The summed E-state index contributed by atoms with van der Waals surface area (Å²) in [5, 5.41) is 0. The molecule has 0 aromatic carbocycles. The number of anilines is 2. The van der Waals surface area contributed by atoms with Crippen molar-refractivity contribution in [1.82, 2.24) is 19.9 Å². The lowest BCUT2D eigenvalue weighted by Crippen LogP contribution is -2.34. The molecule has 0 spiro atoms. The number of nitrogens with zero attached hydrogens (tertiary/aromatic N) is 5. The number of aryl methyl sites for hydroxylation is 1. The normalized spacial score (nSPS) is 18.7. The number of rotatable bonds is 3. The maximum atomic E-state index is 12.2. The van der Waals surface area contributed by atoms with Crippen LogP contribution in [0.4, 0.5) is 11.9 Å². The predicted molar refractivity (Wildman–Crippen MR) is 107 cm³/mol. The van der Waals surface area contributed by atoms with Gasteiger partial charge in [0, 0.05) is 44.0 Å². The van der Waals surface area contributed by atoms with E-state index in [2.05, 4.69) is 26.7 Å². The van der Waals surface area contributed by atoms with Crippen LogP contribution in [0, 0.1) is 12.8 Å². The van der Waals surface area contributed by atoms with Gasteiger partial charge in [-0.15, -0.1) is 0 Å². The van der Waals surface area contributed by atoms with Crippen LogP contribution in [-0.2, 0) is 0 Å². The van der Waals surface area contributed by atoms with E-state index in [-0.39, 0.29) is 5.56 Å². The smallest absolute Gasteiger partial charge is 0.252 e. The molecule has 2 aliphatic heterocycles. The van der Waals surface area contributed by atoms with E-state index in [9.17, 15) is 4.79 Å². The van der Waals surface area contributed by atoms with Gasteiger partial charge in [-0.3, -0.25) is 9.78 Å². The van der Waals surface area contributed by atoms with Crippen LogP contribution in [0.2, 0.25) is 0 Å². The Morgan fingerprint density at radius 2 is 1.78 bits per heavy atom. The van der Waals surface area contributed by atoms with Crippen molar-refractivity contribution in [1.29, 1.82) is 0 Å². The van der Waals surface area contributed by atoms with Gasteiger partial charge in [0.15, 0.2) is 0 Å². The Labute approximate surface area is 159 Å². The molecule has 7 nitrogen and oxygen atoms in total. The van der Waals surface area contributed by atoms with E-state index < -0.39 is 0 Å². The zero-order valence-corrected chi connectivity index (χ0v) is 16.2. The van der Waals surface area contributed by atoms with E-state index in [1.807, 2.05) is 13.1 Å². The van der Waals surface area contributed by atoms with Crippen molar-refractivity contribution in [2.24, 2.45) is 5.92 Å². The van der Waals surface area contributed by atoms with Crippen LogP contribution in [0.5, 0.6) is 0 Å². The fraction of sp³-hybridized carbons (Fsp3) is 0.600. The van der Waals surface area contributed by atoms with Gasteiger partial charge in [-0.2, -0.15) is 0 Å². The van der Waals surface area contributed by atoms with E-state index in [0.717, 1.165) is 62.1 Å². The Bertz CT molecular complexity index is 850. The summed E-state index contributed by atoms with van der Waals surface area (Å²) in [6.07, 6.45) is 7.69. The molecule has 0 unspecified atom stereocenters. The van der Waals surface area contributed by atoms with Crippen LogP contribution < -0.4 is 15.4 Å². The summed E-state index contributed by atoms with van der Waals surface area (Å²) in [4.78, 5) is 33.5. The van der Waals surface area contributed by atoms with Crippen molar-refractivity contribution in [2.75, 3.05) is 36.0 Å². The minimum Gasteiger partial charge on any atom is -0.342 e. The highest BCUT2D eigenvalue weighted by molar-refractivity contribution is 5.62. The summed E-state index contributed by atoms with van der Waals surface area (Å²) in [6, 6.07) is 1.54. The second kappa shape index (κ2) is 7.66. The monoisotopic (exact) mass is 368 g/mol. The molecule has 144 valence electrons. The Balaban J connectivity index is 1.61. The number of aromatic amines is 1. The maximum absolute atomic E-state index is 12.2. The third-order valence-electron chi connectivity index (χ3n) is 5.69. The fourth-order valence-corrected chi connectivity index (χ4v) is 3.91. The van der Waals surface area contributed by atoms with E-state index in [1.165, 1.54) is 19.3 Å². The van der Waals surface area contributed by atoms with Gasteiger partial charge in [0.05, 0.1) is 11.4 Å². The standard InChI is InChI=1S/C20H28N6O/c1-14-6-10-26(11-7-14)19-21-13-16(15(2)22-19)17-12-18(27)24-20(23-17)25-8-4-3-5-9-25/h12-14H,3-11H2,1-2H3,(H,23,24,27). The van der Waals surface area contributed by atoms with Gasteiger partial charge in [0.25, 0.3) is 5.56 Å². The molecule has 0 radical (unpaired) electrons. The lowest BCUT2D eigenvalue weighted by atomic mass is 10.00. The van der Waals surface area contributed by atoms with E-state index >= 15 is 0 Å². The molecular formula is C20H28N6O. The summed E-state index contributed by atoms with van der Waals surface area (Å²) in [7, 11) is 0. The minimum atomic E-state index is -0.130. The summed E-state index contributed by atoms with van der Waals surface area (Å²) < 4.78 is 0. The first-order chi connectivity index (χ1) is 13.1. The molecule has 27 heavy (non-hydrogen) atoms. The molecule has 2 aliphatic rings. The topological polar surface area (TPSA) is 78.0 Å². The van der Waals surface area contributed by atoms with Gasteiger partial charge < -0.3 is 9.80 Å². The molecule has 0 amide bonds. The molecule has 0 saturated carbocycles. The molecule has 0 bridgehead atoms. The van der Waals surface area contributed by atoms with E-state index in [1.54, 1.807) is 6.07 Å². The predicted octanol–water partition coefficient (Wildman–Crippen LogP) is 2.76. The van der Waals surface area contributed by atoms with Crippen molar-refractivity contribution in [2.45, 2.75) is 46.0 Å². The summed E-state index contributed by atoms with van der Waals surface area (Å²) in [5.41, 5.74) is 2.21. The quantitative estimate of drug-likeness (QED) is 0.898. The number of hydrogen-bond donors (Lipinski definition) is 1. The number of hydrogen-bond acceptors (Lipinski definition) is 6. The third kappa shape index (κ3) is 3.96. The average Bonchev–Trinajstić information content (AvgIpc) is 2.68. The molecule has 2 saturated heterocycles. The van der Waals surface area contributed by atoms with Gasteiger partial charge in [0.1, 0.15) is 0 Å². The fourth-order valence-electron chi connectivity index (χ4n) is 3.91. The zero-order chi connectivity index (χ0) is 18.8. The molecule has 1 N–H and O–H groups in total. The lowest BCUT2D eigenvalue weighted by Gasteiger charge is -2.30. The van der Waals surface area contributed by atoms with Crippen LogP contribution in [0.3, 0.4) is 0 Å². The molecule has 0 atom stereocenters. The molecule has 0 aliphatic carbocycles. The number of nitrogens with one attached hydrogen (secondary N) is 1. The van der Waals surface area contributed by atoms with Gasteiger partial charge >= 0.3 is 0 Å². The van der Waals surface area contributed by atoms with Crippen LogP contribution in [-0.4, -0.2) is 46.1 Å². The van der Waals surface area contributed by atoms with Gasteiger partial charge in [0.2, 0.25) is 11.9 Å². The van der Waals surface area contributed by atoms with Gasteiger partial charge in [-0.25, -0.2) is 15.0 Å². The zero-order valence-electron chi connectivity index (χ0n) is 16.2. The summed E-state index contributed by atoms with van der Waals surface area (Å²) >= 11 is 0. The largest absolute Gasteiger partial charge is 0.342 e. The molecule has 4 rings (SSSR count). The van der Waals surface area contributed by atoms with Crippen molar-refractivity contribution in [3.8, 4) is 11.3 Å². The van der Waals surface area contributed by atoms with Crippen LogP contribution >= 0.6 is 0 Å².